The zero-order valence-electron chi connectivity index (χ0n) is 11.5. The predicted molar refractivity (Wildman–Crippen MR) is 77.1 cm³/mol. The standard InChI is InChI=1S/C13H19N3O3S/c1-20-7-4-11(13(18)19)15-12(17)10(8-14)9-16-5-2-3-6-16/h9,11H,2-7H2,1H3,(H,15,17)(H,18,19)/b10-9-. The highest BCUT2D eigenvalue weighted by atomic mass is 32.2. The van der Waals surface area contributed by atoms with Crippen molar-refractivity contribution in [1.82, 2.24) is 10.2 Å². The third-order valence-corrected chi connectivity index (χ3v) is 3.68. The minimum atomic E-state index is -1.08. The Morgan fingerprint density at radius 3 is 2.65 bits per heavy atom. The van der Waals surface area contributed by atoms with Crippen LogP contribution in [0.5, 0.6) is 0 Å². The van der Waals surface area contributed by atoms with Crippen LogP contribution in [0.1, 0.15) is 19.3 Å². The van der Waals surface area contributed by atoms with Gasteiger partial charge in [0, 0.05) is 19.3 Å². The summed E-state index contributed by atoms with van der Waals surface area (Å²) in [5.74, 6) is -1.06. The highest BCUT2D eigenvalue weighted by Crippen LogP contribution is 2.10. The van der Waals surface area contributed by atoms with Crippen molar-refractivity contribution in [2.24, 2.45) is 0 Å². The van der Waals surface area contributed by atoms with Gasteiger partial charge >= 0.3 is 5.97 Å². The number of thioether (sulfide) groups is 1. The molecule has 1 atom stereocenters. The molecule has 1 heterocycles. The molecule has 20 heavy (non-hydrogen) atoms. The minimum absolute atomic E-state index is 0.0395. The Balaban J connectivity index is 2.65. The molecule has 0 radical (unpaired) electrons. The van der Waals surface area contributed by atoms with E-state index in [4.69, 9.17) is 10.4 Å². The fraction of sp³-hybridized carbons (Fsp3) is 0.615. The first kappa shape index (κ1) is 16.4. The summed E-state index contributed by atoms with van der Waals surface area (Å²) in [5.41, 5.74) is -0.0395. The lowest BCUT2D eigenvalue weighted by atomic mass is 10.2. The molecule has 0 saturated carbocycles. The Hall–Kier alpha value is -1.68. The van der Waals surface area contributed by atoms with Crippen LogP contribution in [0.3, 0.4) is 0 Å². The second-order valence-corrected chi connectivity index (χ2v) is 5.53. The average Bonchev–Trinajstić information content (AvgIpc) is 2.93. The molecule has 0 aromatic carbocycles. The van der Waals surface area contributed by atoms with Crippen molar-refractivity contribution < 1.29 is 14.7 Å². The second kappa shape index (κ2) is 8.48. The van der Waals surface area contributed by atoms with E-state index in [1.54, 1.807) is 0 Å². The number of nitrogens with zero attached hydrogens (tertiary/aromatic N) is 2. The van der Waals surface area contributed by atoms with Crippen LogP contribution in [0, 0.1) is 11.3 Å². The molecule has 110 valence electrons. The van der Waals surface area contributed by atoms with E-state index >= 15 is 0 Å². The first-order valence-electron chi connectivity index (χ1n) is 6.47. The van der Waals surface area contributed by atoms with Crippen LogP contribution in [0.15, 0.2) is 11.8 Å². The van der Waals surface area contributed by atoms with Gasteiger partial charge in [-0.25, -0.2) is 4.79 Å². The number of rotatable bonds is 7. The van der Waals surface area contributed by atoms with E-state index < -0.39 is 17.9 Å². The summed E-state index contributed by atoms with van der Waals surface area (Å²) in [7, 11) is 0. The van der Waals surface area contributed by atoms with Gasteiger partial charge in [-0.05, 0) is 31.3 Å². The maximum Gasteiger partial charge on any atom is 0.326 e. The molecule has 0 spiro atoms. The first-order chi connectivity index (χ1) is 9.58. The van der Waals surface area contributed by atoms with Gasteiger partial charge in [0.15, 0.2) is 0 Å². The molecule has 6 nitrogen and oxygen atoms in total. The first-order valence-corrected chi connectivity index (χ1v) is 7.86. The fourth-order valence-electron chi connectivity index (χ4n) is 1.92. The van der Waals surface area contributed by atoms with Crippen LogP contribution in [0.25, 0.3) is 0 Å². The van der Waals surface area contributed by atoms with Gasteiger partial charge in [-0.3, -0.25) is 4.79 Å². The van der Waals surface area contributed by atoms with Crippen LogP contribution >= 0.6 is 11.8 Å². The lowest BCUT2D eigenvalue weighted by Gasteiger charge is -2.15. The predicted octanol–water partition coefficient (Wildman–Crippen LogP) is 0.812. The summed E-state index contributed by atoms with van der Waals surface area (Å²) >= 11 is 1.51. The Morgan fingerprint density at radius 1 is 1.50 bits per heavy atom. The molecule has 1 fully saturated rings. The van der Waals surface area contributed by atoms with Crippen molar-refractivity contribution in [3.8, 4) is 6.07 Å². The normalized spacial score (nSPS) is 16.6. The Bertz CT molecular complexity index is 425. The third kappa shape index (κ3) is 5.13. The molecule has 1 aliphatic heterocycles. The Morgan fingerprint density at radius 2 is 2.15 bits per heavy atom. The van der Waals surface area contributed by atoms with Gasteiger partial charge in [0.2, 0.25) is 0 Å². The number of likely N-dealkylation sites (tertiary alicyclic amines) is 1. The summed E-state index contributed by atoms with van der Waals surface area (Å²) < 4.78 is 0. The summed E-state index contributed by atoms with van der Waals surface area (Å²) in [4.78, 5) is 24.9. The van der Waals surface area contributed by atoms with Gasteiger partial charge in [-0.15, -0.1) is 0 Å². The smallest absolute Gasteiger partial charge is 0.326 e. The number of carbonyl (C=O) groups excluding carboxylic acids is 1. The molecule has 1 unspecified atom stereocenters. The SMILES string of the molecule is CSCCC(NC(=O)/C(C#N)=C\N1CCCC1)C(=O)O. The van der Waals surface area contributed by atoms with E-state index in [1.165, 1.54) is 18.0 Å². The van der Waals surface area contributed by atoms with Crippen molar-refractivity contribution in [2.45, 2.75) is 25.3 Å². The molecular weight excluding hydrogens is 278 g/mol. The maximum absolute atomic E-state index is 11.9. The van der Waals surface area contributed by atoms with Crippen molar-refractivity contribution >= 4 is 23.6 Å². The van der Waals surface area contributed by atoms with E-state index in [-0.39, 0.29) is 5.57 Å². The van der Waals surface area contributed by atoms with E-state index in [9.17, 15) is 9.59 Å². The Labute approximate surface area is 122 Å². The van der Waals surface area contributed by atoms with Crippen LogP contribution in [-0.4, -0.2) is 53.0 Å². The number of nitriles is 1. The summed E-state index contributed by atoms with van der Waals surface area (Å²) in [5, 5.41) is 20.5. The van der Waals surface area contributed by atoms with E-state index in [0.29, 0.717) is 12.2 Å². The number of carboxylic acids is 1. The monoisotopic (exact) mass is 297 g/mol. The maximum atomic E-state index is 11.9. The zero-order valence-corrected chi connectivity index (χ0v) is 12.3. The molecule has 1 amide bonds. The molecular formula is C13H19N3O3S. The minimum Gasteiger partial charge on any atom is -0.480 e. The lowest BCUT2D eigenvalue weighted by molar-refractivity contribution is -0.141. The summed E-state index contributed by atoms with van der Waals surface area (Å²) in [6.07, 6.45) is 5.82. The second-order valence-electron chi connectivity index (χ2n) is 4.54. The number of nitrogens with one attached hydrogen (secondary N) is 1. The molecule has 2 N–H and O–H groups in total. The van der Waals surface area contributed by atoms with E-state index in [2.05, 4.69) is 5.32 Å². The van der Waals surface area contributed by atoms with E-state index in [1.807, 2.05) is 17.2 Å². The van der Waals surface area contributed by atoms with Gasteiger partial charge in [-0.1, -0.05) is 0 Å². The molecule has 0 aromatic heterocycles. The largest absolute Gasteiger partial charge is 0.480 e. The van der Waals surface area contributed by atoms with Crippen molar-refractivity contribution in [2.75, 3.05) is 25.1 Å². The molecule has 1 rings (SSSR count). The molecule has 1 saturated heterocycles. The summed E-state index contributed by atoms with van der Waals surface area (Å²) in [6, 6.07) is 0.885. The lowest BCUT2D eigenvalue weighted by Crippen LogP contribution is -2.42. The number of aliphatic carboxylic acids is 1. The molecule has 0 bridgehead atoms. The molecule has 0 aromatic rings. The van der Waals surface area contributed by atoms with Crippen molar-refractivity contribution in [3.63, 3.8) is 0 Å². The van der Waals surface area contributed by atoms with Gasteiger partial charge in [0.05, 0.1) is 0 Å². The third-order valence-electron chi connectivity index (χ3n) is 3.03. The fourth-order valence-corrected chi connectivity index (χ4v) is 2.39. The van der Waals surface area contributed by atoms with Gasteiger partial charge < -0.3 is 15.3 Å². The van der Waals surface area contributed by atoms with Crippen LogP contribution in [0.2, 0.25) is 0 Å². The number of amides is 1. The number of carboxylic acid groups (broad SMARTS) is 1. The van der Waals surface area contributed by atoms with Crippen molar-refractivity contribution in [3.05, 3.63) is 11.8 Å². The van der Waals surface area contributed by atoms with Gasteiger partial charge in [0.1, 0.15) is 17.7 Å². The molecule has 1 aliphatic rings. The molecule has 0 aliphatic carbocycles. The van der Waals surface area contributed by atoms with Crippen LogP contribution < -0.4 is 5.32 Å². The quantitative estimate of drug-likeness (QED) is 0.533. The van der Waals surface area contributed by atoms with Crippen molar-refractivity contribution in [1.29, 1.82) is 5.26 Å². The average molecular weight is 297 g/mol. The van der Waals surface area contributed by atoms with Crippen LogP contribution in [0.4, 0.5) is 0 Å². The number of hydrogen-bond donors (Lipinski definition) is 2. The van der Waals surface area contributed by atoms with E-state index in [0.717, 1.165) is 25.9 Å². The number of carbonyl (C=O) groups is 2. The highest BCUT2D eigenvalue weighted by Gasteiger charge is 2.22. The highest BCUT2D eigenvalue weighted by molar-refractivity contribution is 7.98. The Kier molecular flexibility index (Phi) is 6.94. The topological polar surface area (TPSA) is 93.4 Å². The number of hydrogen-bond acceptors (Lipinski definition) is 5. The summed E-state index contributed by atoms with van der Waals surface area (Å²) in [6.45, 7) is 1.65. The van der Waals surface area contributed by atoms with Gasteiger partial charge in [0.25, 0.3) is 5.91 Å². The van der Waals surface area contributed by atoms with Gasteiger partial charge in [-0.2, -0.15) is 17.0 Å². The zero-order chi connectivity index (χ0) is 15.0. The van der Waals surface area contributed by atoms with Crippen LogP contribution in [-0.2, 0) is 9.59 Å². The molecule has 7 heteroatoms.